The largest absolute Gasteiger partial charge is 0.379 e. The van der Waals surface area contributed by atoms with Gasteiger partial charge in [-0.15, -0.1) is 0 Å². The summed E-state index contributed by atoms with van der Waals surface area (Å²) in [5.74, 6) is -1.36. The number of fused-ring (bicyclic) bond motifs is 1. The molecule has 18 heteroatoms. The maximum absolute atomic E-state index is 14.3. The number of hydrogen-bond acceptors (Lipinski definition) is 11. The van der Waals surface area contributed by atoms with Crippen molar-refractivity contribution in [3.05, 3.63) is 115 Å². The fourth-order valence-electron chi connectivity index (χ4n) is 8.41. The number of nitrogens with one attached hydrogen (secondary N) is 5. The Morgan fingerprint density at radius 3 is 2.41 bits per heavy atom. The Bertz CT molecular complexity index is 2680. The van der Waals surface area contributed by atoms with Gasteiger partial charge in [0.1, 0.15) is 23.5 Å². The molecule has 5 N–H and O–H groups in total. The van der Waals surface area contributed by atoms with Crippen molar-refractivity contribution in [2.24, 2.45) is 5.41 Å². The highest BCUT2D eigenvalue weighted by molar-refractivity contribution is 5.96. The molecule has 0 bridgehead atoms. The number of nitrogens with zero attached hydrogens (tertiary/aromatic N) is 6. The van der Waals surface area contributed by atoms with Gasteiger partial charge in [-0.3, -0.25) is 23.9 Å². The summed E-state index contributed by atoms with van der Waals surface area (Å²) in [5, 5.41) is 22.2. The molecule has 6 aromatic rings. The van der Waals surface area contributed by atoms with E-state index in [2.05, 4.69) is 41.4 Å². The van der Waals surface area contributed by atoms with Crippen molar-refractivity contribution in [2.45, 2.75) is 90.6 Å². The zero-order valence-corrected chi connectivity index (χ0v) is 40.2. The molecule has 1 aliphatic heterocycles. The number of amides is 3. The summed E-state index contributed by atoms with van der Waals surface area (Å²) in [4.78, 5) is 63.8. The molecule has 69 heavy (non-hydrogen) atoms. The van der Waals surface area contributed by atoms with Crippen molar-refractivity contribution in [1.82, 2.24) is 55.7 Å². The number of likely N-dealkylation sites (tertiary alicyclic amines) is 1. The van der Waals surface area contributed by atoms with E-state index in [-0.39, 0.29) is 67.7 Å². The smallest absolute Gasteiger partial charge is 0.249 e. The lowest BCUT2D eigenvalue weighted by Crippen LogP contribution is -2.59. The predicted molar refractivity (Wildman–Crippen MR) is 260 cm³/mol. The lowest BCUT2D eigenvalue weighted by Gasteiger charge is -2.36. The van der Waals surface area contributed by atoms with Crippen LogP contribution in [0, 0.1) is 11.2 Å². The maximum atomic E-state index is 14.3. The summed E-state index contributed by atoms with van der Waals surface area (Å²) in [5.41, 5.74) is 5.19. The molecule has 366 valence electrons. The first-order valence-electron chi connectivity index (χ1n) is 23.6. The van der Waals surface area contributed by atoms with Crippen LogP contribution in [0.25, 0.3) is 33.3 Å². The van der Waals surface area contributed by atoms with Crippen molar-refractivity contribution in [3.8, 4) is 22.3 Å². The van der Waals surface area contributed by atoms with Gasteiger partial charge in [0.05, 0.1) is 63.9 Å². The third-order valence-corrected chi connectivity index (χ3v) is 12.4. The predicted octanol–water partition coefficient (Wildman–Crippen LogP) is 5.51. The SMILES string of the molecule is CC[C@@H](NC(=O)[C@@H]1C[C@H](NCCOCCOCCC(=O)n2cc(-c3cnc4[nH]cc(-c5cnn(Cc6cccc(F)c6)c5)c4c3)cn2)CN1C(=O)C(NC(=O)[C@H](C)NC)C(C)(C)C)c1ccccc1. The molecule has 3 amide bonds. The average molecular weight is 946 g/mol. The van der Waals surface area contributed by atoms with Crippen LogP contribution in [0.3, 0.4) is 0 Å². The molecule has 1 unspecified atom stereocenters. The molecule has 1 fully saturated rings. The number of H-pyrrole nitrogens is 1. The number of aromatic amines is 1. The summed E-state index contributed by atoms with van der Waals surface area (Å²) in [6.07, 6.45) is 11.8. The van der Waals surface area contributed by atoms with Crippen LogP contribution in [-0.4, -0.2) is 129 Å². The first-order valence-corrected chi connectivity index (χ1v) is 23.6. The van der Waals surface area contributed by atoms with E-state index in [1.54, 1.807) is 54.4 Å². The first-order chi connectivity index (χ1) is 33.2. The number of ether oxygens (including phenoxy) is 2. The number of aromatic nitrogens is 6. The number of rotatable bonds is 22. The fraction of sp³-hybridized carbons (Fsp3) is 0.431. The van der Waals surface area contributed by atoms with Crippen LogP contribution in [0.2, 0.25) is 0 Å². The van der Waals surface area contributed by atoms with Crippen molar-refractivity contribution in [1.29, 1.82) is 0 Å². The van der Waals surface area contributed by atoms with Crippen molar-refractivity contribution >= 4 is 34.7 Å². The second kappa shape index (κ2) is 23.1. The van der Waals surface area contributed by atoms with E-state index in [0.29, 0.717) is 44.8 Å². The van der Waals surface area contributed by atoms with Gasteiger partial charge in [-0.1, -0.05) is 70.2 Å². The van der Waals surface area contributed by atoms with E-state index in [0.717, 1.165) is 38.8 Å². The highest BCUT2D eigenvalue weighted by Gasteiger charge is 2.45. The summed E-state index contributed by atoms with van der Waals surface area (Å²) in [6, 6.07) is 15.7. The molecule has 0 aliphatic carbocycles. The summed E-state index contributed by atoms with van der Waals surface area (Å²) < 4.78 is 28.3. The molecule has 1 saturated heterocycles. The van der Waals surface area contributed by atoms with Gasteiger partial charge in [0.15, 0.2) is 0 Å². The molecule has 5 atom stereocenters. The molecule has 0 spiro atoms. The summed E-state index contributed by atoms with van der Waals surface area (Å²) in [7, 11) is 1.69. The Labute approximate surface area is 401 Å². The molecular formula is C51H64FN11O6. The Morgan fingerprint density at radius 1 is 0.899 bits per heavy atom. The zero-order valence-electron chi connectivity index (χ0n) is 40.2. The van der Waals surface area contributed by atoms with E-state index in [1.807, 2.05) is 82.6 Å². The van der Waals surface area contributed by atoms with Crippen LogP contribution in [-0.2, 0) is 30.4 Å². The molecule has 0 radical (unpaired) electrons. The molecule has 2 aromatic carbocycles. The van der Waals surface area contributed by atoms with Crippen LogP contribution < -0.4 is 21.3 Å². The van der Waals surface area contributed by atoms with E-state index in [4.69, 9.17) is 9.47 Å². The molecule has 7 rings (SSSR count). The number of carbonyl (C=O) groups excluding carboxylic acids is 4. The summed E-state index contributed by atoms with van der Waals surface area (Å²) >= 11 is 0. The van der Waals surface area contributed by atoms with Gasteiger partial charge in [-0.25, -0.2) is 14.1 Å². The molecule has 1 aliphatic rings. The second-order valence-electron chi connectivity index (χ2n) is 18.5. The quantitative estimate of drug-likeness (QED) is 0.0538. The highest BCUT2D eigenvalue weighted by Crippen LogP contribution is 2.31. The van der Waals surface area contributed by atoms with E-state index in [9.17, 15) is 23.6 Å². The Hall–Kier alpha value is -6.60. The van der Waals surface area contributed by atoms with Gasteiger partial charge in [-0.05, 0) is 61.6 Å². The van der Waals surface area contributed by atoms with Crippen LogP contribution in [0.1, 0.15) is 75.8 Å². The Balaban J connectivity index is 0.859. The normalized spacial score (nSPS) is 16.4. The van der Waals surface area contributed by atoms with Crippen LogP contribution >= 0.6 is 0 Å². The lowest BCUT2D eigenvalue weighted by atomic mass is 9.85. The monoisotopic (exact) mass is 946 g/mol. The topological polar surface area (TPSA) is 202 Å². The number of halogens is 1. The van der Waals surface area contributed by atoms with E-state index < -0.39 is 23.5 Å². The number of likely N-dealkylation sites (N-methyl/N-ethyl adjacent to an activating group) is 1. The number of benzene rings is 2. The maximum Gasteiger partial charge on any atom is 0.249 e. The Morgan fingerprint density at radius 2 is 1.67 bits per heavy atom. The molecule has 17 nitrogen and oxygen atoms in total. The summed E-state index contributed by atoms with van der Waals surface area (Å²) in [6.45, 7) is 11.8. The average Bonchev–Trinajstić information content (AvgIpc) is 4.18. The van der Waals surface area contributed by atoms with Gasteiger partial charge in [0, 0.05) is 71.6 Å². The van der Waals surface area contributed by atoms with Crippen LogP contribution in [0.5, 0.6) is 0 Å². The standard InChI is InChI=1S/C51H64FN11O6/c1-7-43(35-13-9-8-10-14-35)59-49(66)44-24-40(32-62(44)50(67)46(51(3,4)5)60-48(65)33(2)53-6)54-17-19-69-21-20-68-18-16-45(64)63-31-37(26-58-63)36-23-41-42(28-56-47(41)55-25-36)38-27-57-61(30-38)29-34-12-11-15-39(52)22-34/h8-15,22-23,25-28,30-31,33,40,43-44,46,53-54H,7,16-21,24,29,32H2,1-6H3,(H,55,56)(H,59,66)(H,60,65)/t33-,40-,43+,44-,46?/m0/s1. The van der Waals surface area contributed by atoms with Gasteiger partial charge in [0.25, 0.3) is 0 Å². The number of carbonyl (C=O) groups is 4. The molecule has 5 heterocycles. The van der Waals surface area contributed by atoms with E-state index in [1.165, 1.54) is 16.8 Å². The number of pyridine rings is 1. The minimum atomic E-state index is -0.856. The van der Waals surface area contributed by atoms with Crippen molar-refractivity contribution in [2.75, 3.05) is 46.6 Å². The van der Waals surface area contributed by atoms with Crippen LogP contribution in [0.4, 0.5) is 4.39 Å². The lowest BCUT2D eigenvalue weighted by molar-refractivity contribution is -0.144. The van der Waals surface area contributed by atoms with Gasteiger partial charge < -0.3 is 40.6 Å². The second-order valence-corrected chi connectivity index (χ2v) is 18.5. The molecule has 4 aromatic heterocycles. The molecular weight excluding hydrogens is 882 g/mol. The molecule has 0 saturated carbocycles. The zero-order chi connectivity index (χ0) is 49.1. The minimum Gasteiger partial charge on any atom is -0.379 e. The Kier molecular flexibility index (Phi) is 16.9. The van der Waals surface area contributed by atoms with Crippen molar-refractivity contribution < 1.29 is 33.0 Å². The third kappa shape index (κ3) is 12.9. The fourth-order valence-corrected chi connectivity index (χ4v) is 8.41. The van der Waals surface area contributed by atoms with Crippen LogP contribution in [0.15, 0.2) is 97.8 Å². The highest BCUT2D eigenvalue weighted by atomic mass is 19.1. The van der Waals surface area contributed by atoms with Gasteiger partial charge >= 0.3 is 0 Å². The van der Waals surface area contributed by atoms with Crippen molar-refractivity contribution in [3.63, 3.8) is 0 Å². The van der Waals surface area contributed by atoms with E-state index >= 15 is 0 Å². The van der Waals surface area contributed by atoms with Gasteiger partial charge in [0.2, 0.25) is 23.6 Å². The minimum absolute atomic E-state index is 0.117. The number of hydrogen-bond donors (Lipinski definition) is 5. The third-order valence-electron chi connectivity index (χ3n) is 12.4. The van der Waals surface area contributed by atoms with Gasteiger partial charge in [-0.2, -0.15) is 10.2 Å². The first kappa shape index (κ1) is 50.3.